The van der Waals surface area contributed by atoms with E-state index in [0.717, 1.165) is 6.92 Å². The van der Waals surface area contributed by atoms with Gasteiger partial charge in [0, 0.05) is 7.11 Å². The van der Waals surface area contributed by atoms with Crippen molar-refractivity contribution < 1.29 is 17.9 Å². The molecule has 0 aromatic heterocycles. The first-order valence-electron chi connectivity index (χ1n) is 4.64. The standard InChI is InChI=1S/C9H18F3NO/c1-5-6-13-8(3,7(2)14-4)9(10,11)12/h7,13H,5-6H2,1-4H3. The molecule has 0 fully saturated rings. The molecule has 0 saturated heterocycles. The van der Waals surface area contributed by atoms with Crippen LogP contribution < -0.4 is 5.32 Å². The number of methoxy groups -OCH3 is 1. The largest absolute Gasteiger partial charge is 0.408 e. The van der Waals surface area contributed by atoms with E-state index >= 15 is 0 Å². The van der Waals surface area contributed by atoms with Crippen LogP contribution in [0.2, 0.25) is 0 Å². The fourth-order valence-corrected chi connectivity index (χ4v) is 1.09. The molecule has 0 spiro atoms. The van der Waals surface area contributed by atoms with Gasteiger partial charge in [0.15, 0.2) is 0 Å². The Kier molecular flexibility index (Phi) is 4.88. The number of rotatable bonds is 5. The molecule has 0 heterocycles. The van der Waals surface area contributed by atoms with Crippen LogP contribution in [-0.4, -0.2) is 31.5 Å². The van der Waals surface area contributed by atoms with Gasteiger partial charge in [0.05, 0.1) is 6.10 Å². The lowest BCUT2D eigenvalue weighted by atomic mass is 9.94. The van der Waals surface area contributed by atoms with E-state index in [4.69, 9.17) is 4.74 Å². The van der Waals surface area contributed by atoms with Crippen molar-refractivity contribution in [3.05, 3.63) is 0 Å². The van der Waals surface area contributed by atoms with Gasteiger partial charge in [0.1, 0.15) is 5.54 Å². The van der Waals surface area contributed by atoms with Crippen molar-refractivity contribution in [1.82, 2.24) is 5.32 Å². The van der Waals surface area contributed by atoms with Gasteiger partial charge < -0.3 is 10.1 Å². The average molecular weight is 213 g/mol. The minimum atomic E-state index is -4.31. The fourth-order valence-electron chi connectivity index (χ4n) is 1.09. The Morgan fingerprint density at radius 2 is 1.86 bits per heavy atom. The minimum absolute atomic E-state index is 0.323. The molecule has 0 amide bonds. The van der Waals surface area contributed by atoms with Crippen LogP contribution in [0.25, 0.3) is 0 Å². The number of hydrogen-bond donors (Lipinski definition) is 1. The Morgan fingerprint density at radius 1 is 1.36 bits per heavy atom. The van der Waals surface area contributed by atoms with Gasteiger partial charge in [-0.25, -0.2) is 0 Å². The Hall–Kier alpha value is -0.290. The van der Waals surface area contributed by atoms with E-state index in [0.29, 0.717) is 13.0 Å². The lowest BCUT2D eigenvalue weighted by molar-refractivity contribution is -0.219. The van der Waals surface area contributed by atoms with Crippen molar-refractivity contribution in [1.29, 1.82) is 0 Å². The Morgan fingerprint density at radius 3 is 2.14 bits per heavy atom. The molecular formula is C9H18F3NO. The van der Waals surface area contributed by atoms with Crippen molar-refractivity contribution in [3.8, 4) is 0 Å². The van der Waals surface area contributed by atoms with Gasteiger partial charge in [-0.05, 0) is 26.8 Å². The topological polar surface area (TPSA) is 21.3 Å². The van der Waals surface area contributed by atoms with Gasteiger partial charge in [0.25, 0.3) is 0 Å². The van der Waals surface area contributed by atoms with E-state index in [2.05, 4.69) is 5.32 Å². The molecule has 1 N–H and O–H groups in total. The van der Waals surface area contributed by atoms with Gasteiger partial charge in [-0.15, -0.1) is 0 Å². The predicted octanol–water partition coefficient (Wildman–Crippen LogP) is 2.34. The molecule has 14 heavy (non-hydrogen) atoms. The van der Waals surface area contributed by atoms with Gasteiger partial charge in [-0.2, -0.15) is 13.2 Å². The Labute approximate surface area is 82.8 Å². The maximum Gasteiger partial charge on any atom is 0.408 e. The number of nitrogens with one attached hydrogen (secondary N) is 1. The first kappa shape index (κ1) is 13.7. The summed E-state index contributed by atoms with van der Waals surface area (Å²) in [5, 5.41) is 2.49. The zero-order valence-corrected chi connectivity index (χ0v) is 9.03. The SMILES string of the molecule is CCCNC(C)(C(C)OC)C(F)(F)F. The molecule has 86 valence electrons. The quantitative estimate of drug-likeness (QED) is 0.756. The van der Waals surface area contributed by atoms with E-state index in [9.17, 15) is 13.2 Å². The maximum absolute atomic E-state index is 12.7. The molecule has 2 atom stereocenters. The van der Waals surface area contributed by atoms with E-state index in [-0.39, 0.29) is 0 Å². The monoisotopic (exact) mass is 213 g/mol. The highest BCUT2D eigenvalue weighted by atomic mass is 19.4. The fraction of sp³-hybridized carbons (Fsp3) is 1.00. The molecule has 0 bridgehead atoms. The summed E-state index contributed by atoms with van der Waals surface area (Å²) in [5.74, 6) is 0. The van der Waals surface area contributed by atoms with Crippen molar-refractivity contribution in [2.45, 2.75) is 45.0 Å². The molecule has 2 unspecified atom stereocenters. The van der Waals surface area contributed by atoms with Crippen molar-refractivity contribution >= 4 is 0 Å². The first-order chi connectivity index (χ1) is 6.29. The van der Waals surface area contributed by atoms with Crippen LogP contribution in [0.5, 0.6) is 0 Å². The summed E-state index contributed by atoms with van der Waals surface area (Å²) in [6.45, 7) is 4.68. The smallest absolute Gasteiger partial charge is 0.379 e. The molecule has 0 saturated carbocycles. The summed E-state index contributed by atoms with van der Waals surface area (Å²) in [6, 6.07) is 0. The van der Waals surface area contributed by atoms with E-state index in [1.54, 1.807) is 0 Å². The van der Waals surface area contributed by atoms with Gasteiger partial charge in [-0.3, -0.25) is 0 Å². The second-order valence-electron chi connectivity index (χ2n) is 3.50. The highest BCUT2D eigenvalue weighted by Crippen LogP contribution is 2.33. The van der Waals surface area contributed by atoms with Crippen molar-refractivity contribution in [2.24, 2.45) is 0 Å². The van der Waals surface area contributed by atoms with Crippen molar-refractivity contribution in [3.63, 3.8) is 0 Å². The predicted molar refractivity (Wildman–Crippen MR) is 49.2 cm³/mol. The second kappa shape index (κ2) is 4.98. The molecular weight excluding hydrogens is 195 g/mol. The molecule has 0 aliphatic rings. The molecule has 0 aromatic rings. The number of hydrogen-bond acceptors (Lipinski definition) is 2. The maximum atomic E-state index is 12.7. The van der Waals surface area contributed by atoms with Gasteiger partial charge in [-0.1, -0.05) is 6.92 Å². The van der Waals surface area contributed by atoms with E-state index < -0.39 is 17.8 Å². The number of alkyl halides is 3. The highest BCUT2D eigenvalue weighted by molar-refractivity contribution is 4.96. The van der Waals surface area contributed by atoms with Gasteiger partial charge >= 0.3 is 6.18 Å². The lowest BCUT2D eigenvalue weighted by Gasteiger charge is -2.37. The van der Waals surface area contributed by atoms with Crippen LogP contribution in [0.4, 0.5) is 13.2 Å². The summed E-state index contributed by atoms with van der Waals surface area (Å²) >= 11 is 0. The highest BCUT2D eigenvalue weighted by Gasteiger charge is 2.54. The van der Waals surface area contributed by atoms with Crippen LogP contribution in [0, 0.1) is 0 Å². The first-order valence-corrected chi connectivity index (χ1v) is 4.64. The van der Waals surface area contributed by atoms with Crippen LogP contribution >= 0.6 is 0 Å². The van der Waals surface area contributed by atoms with Crippen LogP contribution in [0.1, 0.15) is 27.2 Å². The molecule has 5 heteroatoms. The third kappa shape index (κ3) is 2.85. The van der Waals surface area contributed by atoms with Crippen molar-refractivity contribution in [2.75, 3.05) is 13.7 Å². The molecule has 0 aromatic carbocycles. The average Bonchev–Trinajstić information content (AvgIpc) is 2.10. The Balaban J connectivity index is 4.67. The van der Waals surface area contributed by atoms with E-state index in [1.165, 1.54) is 14.0 Å². The molecule has 2 nitrogen and oxygen atoms in total. The minimum Gasteiger partial charge on any atom is -0.379 e. The third-order valence-electron chi connectivity index (χ3n) is 2.50. The second-order valence-corrected chi connectivity index (χ2v) is 3.50. The number of ether oxygens (including phenoxy) is 1. The summed E-state index contributed by atoms with van der Waals surface area (Å²) in [5.41, 5.74) is -1.97. The summed E-state index contributed by atoms with van der Waals surface area (Å²) in [6.07, 6.45) is -4.56. The van der Waals surface area contributed by atoms with Gasteiger partial charge in [0.2, 0.25) is 0 Å². The van der Waals surface area contributed by atoms with Crippen LogP contribution in [0.15, 0.2) is 0 Å². The molecule has 0 aliphatic heterocycles. The molecule has 0 aliphatic carbocycles. The normalized spacial score (nSPS) is 19.1. The number of halogens is 3. The van der Waals surface area contributed by atoms with Crippen LogP contribution in [0.3, 0.4) is 0 Å². The Bertz CT molecular complexity index is 172. The zero-order valence-electron chi connectivity index (χ0n) is 9.03. The molecule has 0 radical (unpaired) electrons. The third-order valence-corrected chi connectivity index (χ3v) is 2.50. The summed E-state index contributed by atoms with van der Waals surface area (Å²) < 4.78 is 42.9. The van der Waals surface area contributed by atoms with Crippen LogP contribution in [-0.2, 0) is 4.74 Å². The molecule has 0 rings (SSSR count). The lowest BCUT2D eigenvalue weighted by Crippen LogP contribution is -2.61. The van der Waals surface area contributed by atoms with E-state index in [1.807, 2.05) is 6.92 Å². The zero-order chi connectivity index (χ0) is 11.4. The summed E-state index contributed by atoms with van der Waals surface area (Å²) in [4.78, 5) is 0. The summed E-state index contributed by atoms with van der Waals surface area (Å²) in [7, 11) is 1.28.